The first-order valence-corrected chi connectivity index (χ1v) is 5.16. The molecule has 1 heterocycles. The van der Waals surface area contributed by atoms with Crippen LogP contribution in [0, 0.1) is 0 Å². The van der Waals surface area contributed by atoms with E-state index in [9.17, 15) is 4.79 Å². The van der Waals surface area contributed by atoms with E-state index in [4.69, 9.17) is 10.5 Å². The molecule has 0 saturated carbocycles. The third-order valence-electron chi connectivity index (χ3n) is 2.53. The zero-order chi connectivity index (χ0) is 11.5. The second-order valence-electron chi connectivity index (χ2n) is 3.74. The molecule has 1 aromatic carbocycles. The number of hydrogen-bond acceptors (Lipinski definition) is 4. The summed E-state index contributed by atoms with van der Waals surface area (Å²) in [5.41, 5.74) is 8.78. The molecule has 0 radical (unpaired) electrons. The normalized spacial score (nSPS) is 18.2. The molecule has 0 bridgehead atoms. The lowest BCUT2D eigenvalue weighted by Crippen LogP contribution is -2.04. The minimum absolute atomic E-state index is 0.222. The number of rotatable bonds is 2. The van der Waals surface area contributed by atoms with Gasteiger partial charge in [-0.05, 0) is 31.2 Å². The predicted molar refractivity (Wildman–Crippen MR) is 62.8 cm³/mol. The first-order chi connectivity index (χ1) is 7.66. The molecule has 1 aromatic rings. The zero-order valence-corrected chi connectivity index (χ0v) is 9.12. The van der Waals surface area contributed by atoms with Gasteiger partial charge in [-0.3, -0.25) is 0 Å². The molecule has 4 heteroatoms. The Kier molecular flexibility index (Phi) is 2.81. The third kappa shape index (κ3) is 2.16. The fourth-order valence-corrected chi connectivity index (χ4v) is 1.63. The minimum atomic E-state index is -0.222. The number of carbonyl (C=O) groups is 1. The lowest BCUT2D eigenvalue weighted by Gasteiger charge is -2.08. The Morgan fingerprint density at radius 2 is 2.06 bits per heavy atom. The standard InChI is InChI=1S/C12H14N2O2/c1-8(11-6-7-16-12(11)15)14-10-4-2-9(13)3-5-10/h2-5,14H,6-7,13H2,1H3/b11-8+. The smallest absolute Gasteiger partial charge is 0.335 e. The molecule has 1 saturated heterocycles. The summed E-state index contributed by atoms with van der Waals surface area (Å²) in [4.78, 5) is 11.3. The number of anilines is 2. The highest BCUT2D eigenvalue weighted by Gasteiger charge is 2.21. The van der Waals surface area contributed by atoms with Crippen LogP contribution >= 0.6 is 0 Å². The molecule has 1 aliphatic rings. The van der Waals surface area contributed by atoms with Gasteiger partial charge >= 0.3 is 5.97 Å². The molecule has 0 unspecified atom stereocenters. The molecule has 0 atom stereocenters. The number of hydrogen-bond donors (Lipinski definition) is 2. The van der Waals surface area contributed by atoms with Crippen molar-refractivity contribution in [3.05, 3.63) is 35.5 Å². The number of nitrogens with two attached hydrogens (primary N) is 1. The average molecular weight is 218 g/mol. The van der Waals surface area contributed by atoms with Gasteiger partial charge < -0.3 is 15.8 Å². The number of nitrogen functional groups attached to an aromatic ring is 1. The van der Waals surface area contributed by atoms with Crippen LogP contribution in [-0.2, 0) is 9.53 Å². The Morgan fingerprint density at radius 1 is 1.38 bits per heavy atom. The van der Waals surface area contributed by atoms with E-state index in [1.54, 1.807) is 0 Å². The topological polar surface area (TPSA) is 64.3 Å². The van der Waals surface area contributed by atoms with Crippen molar-refractivity contribution >= 4 is 17.3 Å². The maximum absolute atomic E-state index is 11.3. The van der Waals surface area contributed by atoms with E-state index >= 15 is 0 Å². The number of ether oxygens (including phenoxy) is 1. The molecule has 0 spiro atoms. The fraction of sp³-hybridized carbons (Fsp3) is 0.250. The van der Waals surface area contributed by atoms with Gasteiger partial charge in [-0.15, -0.1) is 0 Å². The molecule has 2 rings (SSSR count). The second kappa shape index (κ2) is 4.26. The summed E-state index contributed by atoms with van der Waals surface area (Å²) in [6, 6.07) is 7.37. The first kappa shape index (κ1) is 10.5. The minimum Gasteiger partial charge on any atom is -0.462 e. The number of benzene rings is 1. The van der Waals surface area contributed by atoms with E-state index in [0.29, 0.717) is 13.0 Å². The van der Waals surface area contributed by atoms with Gasteiger partial charge in [-0.2, -0.15) is 0 Å². The second-order valence-corrected chi connectivity index (χ2v) is 3.74. The van der Waals surface area contributed by atoms with Crippen molar-refractivity contribution in [3.8, 4) is 0 Å². The van der Waals surface area contributed by atoms with Crippen LogP contribution in [0.15, 0.2) is 35.5 Å². The summed E-state index contributed by atoms with van der Waals surface area (Å²) in [6.07, 6.45) is 0.673. The predicted octanol–water partition coefficient (Wildman–Crippen LogP) is 1.90. The summed E-state index contributed by atoms with van der Waals surface area (Å²) in [5, 5.41) is 3.16. The Labute approximate surface area is 94.1 Å². The van der Waals surface area contributed by atoms with Crippen molar-refractivity contribution in [1.29, 1.82) is 0 Å². The monoisotopic (exact) mass is 218 g/mol. The fourth-order valence-electron chi connectivity index (χ4n) is 1.63. The SMILES string of the molecule is C/C(Nc1ccc(N)cc1)=C1/CCOC1=O. The molecule has 0 aliphatic carbocycles. The average Bonchev–Trinajstić information content (AvgIpc) is 2.68. The largest absolute Gasteiger partial charge is 0.462 e. The Balaban J connectivity index is 2.15. The van der Waals surface area contributed by atoms with E-state index < -0.39 is 0 Å². The van der Waals surface area contributed by atoms with E-state index in [-0.39, 0.29) is 5.97 Å². The van der Waals surface area contributed by atoms with Crippen LogP contribution in [0.2, 0.25) is 0 Å². The maximum Gasteiger partial charge on any atom is 0.335 e. The maximum atomic E-state index is 11.3. The Hall–Kier alpha value is -1.97. The van der Waals surface area contributed by atoms with Crippen LogP contribution < -0.4 is 11.1 Å². The van der Waals surface area contributed by atoms with Gasteiger partial charge in [0, 0.05) is 23.5 Å². The molecule has 16 heavy (non-hydrogen) atoms. The van der Waals surface area contributed by atoms with Crippen LogP contribution in [-0.4, -0.2) is 12.6 Å². The van der Waals surface area contributed by atoms with Gasteiger partial charge in [0.05, 0.1) is 12.2 Å². The van der Waals surface area contributed by atoms with Crippen molar-refractivity contribution in [1.82, 2.24) is 0 Å². The molecule has 1 fully saturated rings. The summed E-state index contributed by atoms with van der Waals surface area (Å²) < 4.78 is 4.89. The van der Waals surface area contributed by atoms with E-state index in [0.717, 1.165) is 22.6 Å². The van der Waals surface area contributed by atoms with Crippen molar-refractivity contribution in [2.45, 2.75) is 13.3 Å². The Bertz CT molecular complexity index is 435. The third-order valence-corrected chi connectivity index (χ3v) is 2.53. The molecule has 84 valence electrons. The van der Waals surface area contributed by atoms with Gasteiger partial charge in [0.15, 0.2) is 0 Å². The lowest BCUT2D eigenvalue weighted by molar-refractivity contribution is -0.135. The molecular weight excluding hydrogens is 204 g/mol. The number of allylic oxidation sites excluding steroid dienone is 1. The van der Waals surface area contributed by atoms with Gasteiger partial charge in [-0.25, -0.2) is 4.79 Å². The van der Waals surface area contributed by atoms with E-state index in [1.807, 2.05) is 31.2 Å². The van der Waals surface area contributed by atoms with Gasteiger partial charge in [0.25, 0.3) is 0 Å². The van der Waals surface area contributed by atoms with Crippen molar-refractivity contribution in [2.24, 2.45) is 0 Å². The molecule has 3 N–H and O–H groups in total. The van der Waals surface area contributed by atoms with E-state index in [2.05, 4.69) is 5.32 Å². The van der Waals surface area contributed by atoms with Crippen LogP contribution in [0.4, 0.5) is 11.4 Å². The molecule has 4 nitrogen and oxygen atoms in total. The number of nitrogens with one attached hydrogen (secondary N) is 1. The highest BCUT2D eigenvalue weighted by molar-refractivity contribution is 5.91. The van der Waals surface area contributed by atoms with Crippen LogP contribution in [0.3, 0.4) is 0 Å². The Morgan fingerprint density at radius 3 is 2.62 bits per heavy atom. The first-order valence-electron chi connectivity index (χ1n) is 5.16. The zero-order valence-electron chi connectivity index (χ0n) is 9.12. The van der Waals surface area contributed by atoms with Crippen LogP contribution in [0.5, 0.6) is 0 Å². The van der Waals surface area contributed by atoms with Crippen LogP contribution in [0.25, 0.3) is 0 Å². The summed E-state index contributed by atoms with van der Waals surface area (Å²) >= 11 is 0. The van der Waals surface area contributed by atoms with Crippen LogP contribution in [0.1, 0.15) is 13.3 Å². The summed E-state index contributed by atoms with van der Waals surface area (Å²) in [5.74, 6) is -0.222. The van der Waals surface area contributed by atoms with E-state index in [1.165, 1.54) is 0 Å². The molecule has 0 amide bonds. The van der Waals surface area contributed by atoms with Crippen molar-refractivity contribution in [3.63, 3.8) is 0 Å². The molecular formula is C12H14N2O2. The van der Waals surface area contributed by atoms with Crippen molar-refractivity contribution in [2.75, 3.05) is 17.7 Å². The summed E-state index contributed by atoms with van der Waals surface area (Å²) in [7, 11) is 0. The molecule has 0 aromatic heterocycles. The number of carbonyl (C=O) groups excluding carboxylic acids is 1. The highest BCUT2D eigenvalue weighted by Crippen LogP contribution is 2.20. The molecule has 1 aliphatic heterocycles. The summed E-state index contributed by atoms with van der Waals surface area (Å²) in [6.45, 7) is 2.35. The number of esters is 1. The quantitative estimate of drug-likeness (QED) is 0.452. The van der Waals surface area contributed by atoms with Crippen molar-refractivity contribution < 1.29 is 9.53 Å². The highest BCUT2D eigenvalue weighted by atomic mass is 16.5. The lowest BCUT2D eigenvalue weighted by atomic mass is 10.2. The van der Waals surface area contributed by atoms with Gasteiger partial charge in [0.2, 0.25) is 0 Å². The van der Waals surface area contributed by atoms with Gasteiger partial charge in [0.1, 0.15) is 0 Å². The number of cyclic esters (lactones) is 1. The van der Waals surface area contributed by atoms with Gasteiger partial charge in [-0.1, -0.05) is 0 Å².